The Labute approximate surface area is 86.9 Å². The van der Waals surface area contributed by atoms with Crippen molar-refractivity contribution in [2.75, 3.05) is 13.6 Å². The second-order valence-corrected chi connectivity index (χ2v) is 4.39. The lowest BCUT2D eigenvalue weighted by Gasteiger charge is -2.30. The zero-order chi connectivity index (χ0) is 9.97. The second-order valence-electron chi connectivity index (χ2n) is 3.42. The van der Waals surface area contributed by atoms with Crippen LogP contribution in [0, 0.1) is 0 Å². The van der Waals surface area contributed by atoms with Gasteiger partial charge in [0, 0.05) is 18.6 Å². The molecule has 0 saturated carbocycles. The number of carbonyl (C=O) groups is 1. The van der Waals surface area contributed by atoms with Crippen LogP contribution < -0.4 is 5.32 Å². The summed E-state index contributed by atoms with van der Waals surface area (Å²) in [5.74, 6) is 0.173. The molecule has 0 spiro atoms. The standard InChI is InChI=1S/C9H13N3OS/c1-12(6-8-11-4-5-14-8)9(13)7-2-3-10-7/h4-5,7,10H,2-3,6H2,1H3/t7-/m1/s1. The summed E-state index contributed by atoms with van der Waals surface area (Å²) in [6, 6.07) is 0.0416. The van der Waals surface area contributed by atoms with E-state index in [4.69, 9.17) is 0 Å². The van der Waals surface area contributed by atoms with Crippen molar-refractivity contribution in [3.8, 4) is 0 Å². The van der Waals surface area contributed by atoms with Crippen LogP contribution in [-0.4, -0.2) is 35.4 Å². The maximum atomic E-state index is 11.7. The fraction of sp³-hybridized carbons (Fsp3) is 0.556. The number of rotatable bonds is 3. The molecule has 1 aromatic heterocycles. The van der Waals surface area contributed by atoms with Crippen molar-refractivity contribution < 1.29 is 4.79 Å². The SMILES string of the molecule is CN(Cc1nccs1)C(=O)[C@H]1CCN1. The summed E-state index contributed by atoms with van der Waals surface area (Å²) in [5.41, 5.74) is 0. The fourth-order valence-electron chi connectivity index (χ4n) is 1.38. The van der Waals surface area contributed by atoms with E-state index in [0.717, 1.165) is 18.0 Å². The largest absolute Gasteiger partial charge is 0.338 e. The van der Waals surface area contributed by atoms with E-state index < -0.39 is 0 Å². The van der Waals surface area contributed by atoms with Crippen LogP contribution in [0.4, 0.5) is 0 Å². The molecule has 1 N–H and O–H groups in total. The van der Waals surface area contributed by atoms with Crippen molar-refractivity contribution in [1.29, 1.82) is 0 Å². The highest BCUT2D eigenvalue weighted by atomic mass is 32.1. The first kappa shape index (κ1) is 9.61. The zero-order valence-corrected chi connectivity index (χ0v) is 8.88. The Bertz CT molecular complexity index is 308. The second kappa shape index (κ2) is 4.06. The quantitative estimate of drug-likeness (QED) is 0.790. The first-order valence-electron chi connectivity index (χ1n) is 4.64. The van der Waals surface area contributed by atoms with Crippen molar-refractivity contribution in [1.82, 2.24) is 15.2 Å². The smallest absolute Gasteiger partial charge is 0.239 e. The molecule has 14 heavy (non-hydrogen) atoms. The molecule has 5 heteroatoms. The molecule has 0 unspecified atom stereocenters. The van der Waals surface area contributed by atoms with E-state index in [1.54, 1.807) is 22.4 Å². The van der Waals surface area contributed by atoms with Gasteiger partial charge in [-0.3, -0.25) is 4.79 Å². The van der Waals surface area contributed by atoms with Crippen LogP contribution in [0.5, 0.6) is 0 Å². The zero-order valence-electron chi connectivity index (χ0n) is 8.06. The summed E-state index contributed by atoms with van der Waals surface area (Å²) in [6.45, 7) is 1.58. The molecule has 0 radical (unpaired) electrons. The lowest BCUT2D eigenvalue weighted by Crippen LogP contribution is -2.53. The number of amides is 1. The van der Waals surface area contributed by atoms with Gasteiger partial charge in [0.15, 0.2) is 0 Å². The van der Waals surface area contributed by atoms with Crippen LogP contribution in [0.1, 0.15) is 11.4 Å². The number of nitrogens with one attached hydrogen (secondary N) is 1. The predicted molar refractivity (Wildman–Crippen MR) is 55.0 cm³/mol. The topological polar surface area (TPSA) is 45.2 Å². The first-order chi connectivity index (χ1) is 6.77. The van der Waals surface area contributed by atoms with Crippen LogP contribution in [0.2, 0.25) is 0 Å². The lowest BCUT2D eigenvalue weighted by molar-refractivity contribution is -0.134. The first-order valence-corrected chi connectivity index (χ1v) is 5.52. The van der Waals surface area contributed by atoms with Gasteiger partial charge in [-0.15, -0.1) is 11.3 Å². The number of hydrogen-bond donors (Lipinski definition) is 1. The molecule has 4 nitrogen and oxygen atoms in total. The summed E-state index contributed by atoms with van der Waals surface area (Å²) in [7, 11) is 1.82. The van der Waals surface area contributed by atoms with Crippen molar-refractivity contribution >= 4 is 17.2 Å². The van der Waals surface area contributed by atoms with E-state index in [1.165, 1.54) is 0 Å². The average molecular weight is 211 g/mol. The molecule has 1 amide bonds. The molecule has 1 aliphatic heterocycles. The van der Waals surface area contributed by atoms with Crippen molar-refractivity contribution in [3.63, 3.8) is 0 Å². The van der Waals surface area contributed by atoms with Crippen molar-refractivity contribution in [3.05, 3.63) is 16.6 Å². The highest BCUT2D eigenvalue weighted by Gasteiger charge is 2.27. The fourth-order valence-corrected chi connectivity index (χ4v) is 2.05. The number of carbonyl (C=O) groups excluding carboxylic acids is 1. The summed E-state index contributed by atoms with van der Waals surface area (Å²) in [5, 5.41) is 6.01. The number of aromatic nitrogens is 1. The molecule has 1 saturated heterocycles. The van der Waals surface area contributed by atoms with Crippen LogP contribution in [0.15, 0.2) is 11.6 Å². The number of likely N-dealkylation sites (N-methyl/N-ethyl adjacent to an activating group) is 1. The van der Waals surface area contributed by atoms with Gasteiger partial charge in [0.2, 0.25) is 5.91 Å². The predicted octanol–water partition coefficient (Wildman–Crippen LogP) is 0.463. The summed E-state index contributed by atoms with van der Waals surface area (Å²) < 4.78 is 0. The molecular formula is C9H13N3OS. The van der Waals surface area contributed by atoms with E-state index >= 15 is 0 Å². The van der Waals surface area contributed by atoms with Gasteiger partial charge in [0.05, 0.1) is 12.6 Å². The molecule has 1 atom stereocenters. The molecule has 0 bridgehead atoms. The third-order valence-electron chi connectivity index (χ3n) is 2.35. The Morgan fingerprint density at radius 2 is 2.64 bits per heavy atom. The van der Waals surface area contributed by atoms with Gasteiger partial charge in [0.1, 0.15) is 5.01 Å². The Morgan fingerprint density at radius 3 is 3.14 bits per heavy atom. The minimum absolute atomic E-state index is 0.0416. The molecule has 1 aromatic rings. The highest BCUT2D eigenvalue weighted by molar-refractivity contribution is 7.09. The van der Waals surface area contributed by atoms with Crippen molar-refractivity contribution in [2.24, 2.45) is 0 Å². The van der Waals surface area contributed by atoms with Crippen LogP contribution in [0.3, 0.4) is 0 Å². The molecule has 1 fully saturated rings. The monoisotopic (exact) mass is 211 g/mol. The maximum Gasteiger partial charge on any atom is 0.239 e. The van der Waals surface area contributed by atoms with Gasteiger partial charge < -0.3 is 10.2 Å². The summed E-state index contributed by atoms with van der Waals surface area (Å²) in [4.78, 5) is 17.6. The van der Waals surface area contributed by atoms with Gasteiger partial charge >= 0.3 is 0 Å². The van der Waals surface area contributed by atoms with E-state index in [9.17, 15) is 4.79 Å². The molecular weight excluding hydrogens is 198 g/mol. The van der Waals surface area contributed by atoms with E-state index in [1.807, 2.05) is 12.4 Å². The summed E-state index contributed by atoms with van der Waals surface area (Å²) in [6.07, 6.45) is 2.72. The average Bonchev–Trinajstić information content (AvgIpc) is 2.53. The van der Waals surface area contributed by atoms with Gasteiger partial charge in [-0.25, -0.2) is 4.98 Å². The normalized spacial score (nSPS) is 20.2. The lowest BCUT2D eigenvalue weighted by atomic mass is 10.1. The van der Waals surface area contributed by atoms with E-state index in [0.29, 0.717) is 6.54 Å². The maximum absolute atomic E-state index is 11.7. The Balaban J connectivity index is 1.88. The Hall–Kier alpha value is -0.940. The minimum atomic E-state index is 0.0416. The van der Waals surface area contributed by atoms with Crippen molar-refractivity contribution in [2.45, 2.75) is 19.0 Å². The van der Waals surface area contributed by atoms with Crippen LogP contribution in [-0.2, 0) is 11.3 Å². The van der Waals surface area contributed by atoms with Crippen LogP contribution in [0.25, 0.3) is 0 Å². The van der Waals surface area contributed by atoms with Gasteiger partial charge in [-0.1, -0.05) is 0 Å². The van der Waals surface area contributed by atoms with E-state index in [2.05, 4.69) is 10.3 Å². The Kier molecular flexibility index (Phi) is 2.79. The molecule has 76 valence electrons. The molecule has 0 aromatic carbocycles. The van der Waals surface area contributed by atoms with E-state index in [-0.39, 0.29) is 11.9 Å². The summed E-state index contributed by atoms with van der Waals surface area (Å²) >= 11 is 1.58. The highest BCUT2D eigenvalue weighted by Crippen LogP contribution is 2.10. The third kappa shape index (κ3) is 1.93. The van der Waals surface area contributed by atoms with Crippen LogP contribution >= 0.6 is 11.3 Å². The minimum Gasteiger partial charge on any atom is -0.338 e. The third-order valence-corrected chi connectivity index (χ3v) is 3.12. The number of nitrogens with zero attached hydrogens (tertiary/aromatic N) is 2. The number of thiazole rings is 1. The molecule has 2 heterocycles. The Morgan fingerprint density at radius 1 is 1.86 bits per heavy atom. The molecule has 2 rings (SSSR count). The van der Waals surface area contributed by atoms with Gasteiger partial charge in [0.25, 0.3) is 0 Å². The molecule has 0 aliphatic carbocycles. The van der Waals surface area contributed by atoms with Gasteiger partial charge in [-0.05, 0) is 13.0 Å². The molecule has 1 aliphatic rings. The number of hydrogen-bond acceptors (Lipinski definition) is 4. The van der Waals surface area contributed by atoms with Gasteiger partial charge in [-0.2, -0.15) is 0 Å².